The normalized spacial score (nSPS) is 18.2. The number of nitrogens with zero attached hydrogens (tertiary/aromatic N) is 2. The van der Waals surface area contributed by atoms with Gasteiger partial charge in [0, 0.05) is 25.7 Å². The molecule has 1 saturated heterocycles. The molecule has 1 fully saturated rings. The van der Waals surface area contributed by atoms with Gasteiger partial charge in [-0.2, -0.15) is 0 Å². The topological polar surface area (TPSA) is 96.4 Å². The zero-order chi connectivity index (χ0) is 17.7. The summed E-state index contributed by atoms with van der Waals surface area (Å²) in [6, 6.07) is 5.48. The van der Waals surface area contributed by atoms with Gasteiger partial charge in [-0.15, -0.1) is 0 Å². The van der Waals surface area contributed by atoms with Crippen molar-refractivity contribution < 1.29 is 18.0 Å². The summed E-state index contributed by atoms with van der Waals surface area (Å²) >= 11 is 0. The average Bonchev–Trinajstić information content (AvgIpc) is 2.89. The number of carbonyl (C=O) groups is 2. The van der Waals surface area contributed by atoms with Crippen LogP contribution in [0.4, 0.5) is 0 Å². The fraction of sp³-hybridized carbons (Fsp3) is 0.562. The van der Waals surface area contributed by atoms with E-state index in [-0.39, 0.29) is 30.5 Å². The molecule has 0 radical (unpaired) electrons. The maximum atomic E-state index is 12.1. The minimum absolute atomic E-state index is 0.0737. The number of aromatic nitrogens is 1. The summed E-state index contributed by atoms with van der Waals surface area (Å²) < 4.78 is 23.4. The van der Waals surface area contributed by atoms with Crippen LogP contribution in [-0.2, 0) is 26.0 Å². The van der Waals surface area contributed by atoms with Crippen LogP contribution in [0.15, 0.2) is 24.4 Å². The van der Waals surface area contributed by atoms with Crippen molar-refractivity contribution in [1.82, 2.24) is 15.2 Å². The summed E-state index contributed by atoms with van der Waals surface area (Å²) in [6.45, 7) is 4.01. The van der Waals surface area contributed by atoms with E-state index in [4.69, 9.17) is 0 Å². The maximum Gasteiger partial charge on any atom is 0.225 e. The quantitative estimate of drug-likeness (QED) is 0.764. The molecule has 132 valence electrons. The Morgan fingerprint density at radius 1 is 1.42 bits per heavy atom. The van der Waals surface area contributed by atoms with Crippen molar-refractivity contribution in [1.29, 1.82) is 0 Å². The number of likely N-dealkylation sites (tertiary alicyclic amines) is 1. The van der Waals surface area contributed by atoms with Crippen LogP contribution in [0.3, 0.4) is 0 Å². The highest BCUT2D eigenvalue weighted by Gasteiger charge is 2.34. The van der Waals surface area contributed by atoms with Gasteiger partial charge in [-0.1, -0.05) is 6.07 Å². The van der Waals surface area contributed by atoms with Gasteiger partial charge in [0.1, 0.15) is 0 Å². The van der Waals surface area contributed by atoms with E-state index in [1.54, 1.807) is 31.0 Å². The minimum atomic E-state index is -3.18. The Labute approximate surface area is 142 Å². The summed E-state index contributed by atoms with van der Waals surface area (Å²) in [5.74, 6) is -0.890. The third-order valence-corrected chi connectivity index (χ3v) is 6.28. The van der Waals surface area contributed by atoms with Gasteiger partial charge in [0.2, 0.25) is 11.8 Å². The van der Waals surface area contributed by atoms with Crippen LogP contribution in [0, 0.1) is 5.92 Å². The van der Waals surface area contributed by atoms with Crippen molar-refractivity contribution in [2.45, 2.75) is 32.1 Å². The first kappa shape index (κ1) is 18.4. The summed E-state index contributed by atoms with van der Waals surface area (Å²) in [7, 11) is -3.18. The minimum Gasteiger partial charge on any atom is -0.355 e. The lowest BCUT2D eigenvalue weighted by Crippen LogP contribution is -2.36. The fourth-order valence-electron chi connectivity index (χ4n) is 2.48. The van der Waals surface area contributed by atoms with Crippen LogP contribution < -0.4 is 5.32 Å². The van der Waals surface area contributed by atoms with Crippen molar-refractivity contribution >= 4 is 21.7 Å². The molecule has 24 heavy (non-hydrogen) atoms. The van der Waals surface area contributed by atoms with Crippen molar-refractivity contribution in [3.05, 3.63) is 30.1 Å². The first-order valence-corrected chi connectivity index (χ1v) is 9.68. The van der Waals surface area contributed by atoms with Crippen molar-refractivity contribution in [3.63, 3.8) is 0 Å². The molecule has 0 aliphatic carbocycles. The lowest BCUT2D eigenvalue weighted by atomic mass is 10.1. The third-order valence-electron chi connectivity index (χ3n) is 4.07. The van der Waals surface area contributed by atoms with Crippen LogP contribution in [-0.4, -0.2) is 54.2 Å². The molecular weight excluding hydrogens is 330 g/mol. The second kappa shape index (κ2) is 7.74. The van der Waals surface area contributed by atoms with Crippen LogP contribution in [0.2, 0.25) is 0 Å². The second-order valence-electron chi connectivity index (χ2n) is 6.20. The molecule has 1 aromatic heterocycles. The van der Waals surface area contributed by atoms with Crippen molar-refractivity contribution in [3.8, 4) is 0 Å². The van der Waals surface area contributed by atoms with Crippen LogP contribution in [0.25, 0.3) is 0 Å². The number of hydrogen-bond donors (Lipinski definition) is 1. The van der Waals surface area contributed by atoms with E-state index in [1.165, 1.54) is 0 Å². The monoisotopic (exact) mass is 353 g/mol. The van der Waals surface area contributed by atoms with Crippen molar-refractivity contribution in [2.75, 3.05) is 18.8 Å². The Hall–Kier alpha value is -1.96. The number of amides is 2. The number of rotatable bonds is 7. The zero-order valence-corrected chi connectivity index (χ0v) is 14.8. The molecule has 7 nitrogen and oxygen atoms in total. The van der Waals surface area contributed by atoms with E-state index in [0.29, 0.717) is 13.1 Å². The Kier molecular flexibility index (Phi) is 5.93. The number of hydrogen-bond acceptors (Lipinski definition) is 5. The molecule has 1 aliphatic rings. The molecule has 2 amide bonds. The Bertz CT molecular complexity index is 689. The Morgan fingerprint density at radius 2 is 2.17 bits per heavy atom. The molecule has 1 aliphatic heterocycles. The molecule has 8 heteroatoms. The van der Waals surface area contributed by atoms with Crippen LogP contribution in [0.5, 0.6) is 0 Å². The number of nitrogens with one attached hydrogen (secondary N) is 1. The second-order valence-corrected chi connectivity index (χ2v) is 8.88. The first-order chi connectivity index (χ1) is 11.3. The molecule has 0 unspecified atom stereocenters. The largest absolute Gasteiger partial charge is 0.355 e. The lowest BCUT2D eigenvalue weighted by molar-refractivity contribution is -0.129. The van der Waals surface area contributed by atoms with Gasteiger partial charge in [-0.3, -0.25) is 14.6 Å². The number of pyridine rings is 1. The summed E-state index contributed by atoms with van der Waals surface area (Å²) in [6.07, 6.45) is 1.81. The highest BCUT2D eigenvalue weighted by atomic mass is 32.2. The molecule has 2 rings (SSSR count). The van der Waals surface area contributed by atoms with Gasteiger partial charge in [-0.05, 0) is 26.0 Å². The molecule has 1 N–H and O–H groups in total. The van der Waals surface area contributed by atoms with Crippen LogP contribution >= 0.6 is 0 Å². The smallest absolute Gasteiger partial charge is 0.225 e. The Morgan fingerprint density at radius 3 is 2.79 bits per heavy atom. The van der Waals surface area contributed by atoms with E-state index < -0.39 is 21.0 Å². The van der Waals surface area contributed by atoms with E-state index >= 15 is 0 Å². The zero-order valence-electron chi connectivity index (χ0n) is 13.9. The predicted octanol–water partition coefficient (Wildman–Crippen LogP) is 0.370. The third kappa shape index (κ3) is 4.77. The first-order valence-electron chi connectivity index (χ1n) is 7.96. The summed E-state index contributed by atoms with van der Waals surface area (Å²) in [4.78, 5) is 30.0. The van der Waals surface area contributed by atoms with Gasteiger partial charge in [-0.25, -0.2) is 8.42 Å². The van der Waals surface area contributed by atoms with Gasteiger partial charge < -0.3 is 10.2 Å². The highest BCUT2D eigenvalue weighted by Crippen LogP contribution is 2.19. The molecule has 0 saturated carbocycles. The van der Waals surface area contributed by atoms with Gasteiger partial charge in [0.15, 0.2) is 9.84 Å². The van der Waals surface area contributed by atoms with E-state index in [1.807, 2.05) is 12.1 Å². The molecule has 1 atom stereocenters. The van der Waals surface area contributed by atoms with E-state index in [9.17, 15) is 18.0 Å². The van der Waals surface area contributed by atoms with Gasteiger partial charge in [0.25, 0.3) is 0 Å². The van der Waals surface area contributed by atoms with E-state index in [0.717, 1.165) is 5.69 Å². The molecule has 0 bridgehead atoms. The summed E-state index contributed by atoms with van der Waals surface area (Å²) in [5, 5.41) is 2.17. The summed E-state index contributed by atoms with van der Waals surface area (Å²) in [5.41, 5.74) is 0.773. The Balaban J connectivity index is 1.83. The maximum absolute atomic E-state index is 12.1. The molecule has 1 aromatic rings. The average molecular weight is 353 g/mol. The SMILES string of the molecule is CC(C)S(=O)(=O)CCNC(=O)[C@H]1CC(=O)N(Cc2ccccn2)C1. The standard InChI is InChI=1S/C16H23N3O4S/c1-12(2)24(22,23)8-7-18-16(21)13-9-15(20)19(10-13)11-14-5-3-4-6-17-14/h3-6,12-13H,7-11H2,1-2H3,(H,18,21)/t13-/m0/s1. The van der Waals surface area contributed by atoms with Gasteiger partial charge in [0.05, 0.1) is 29.2 Å². The molecule has 0 spiro atoms. The predicted molar refractivity (Wildman–Crippen MR) is 89.7 cm³/mol. The molecule has 0 aromatic carbocycles. The molecule has 2 heterocycles. The van der Waals surface area contributed by atoms with Crippen molar-refractivity contribution in [2.24, 2.45) is 5.92 Å². The number of carbonyl (C=O) groups excluding carboxylic acids is 2. The fourth-order valence-corrected chi connectivity index (χ4v) is 3.34. The van der Waals surface area contributed by atoms with E-state index in [2.05, 4.69) is 10.3 Å². The van der Waals surface area contributed by atoms with Gasteiger partial charge >= 0.3 is 0 Å². The number of sulfone groups is 1. The molecular formula is C16H23N3O4S. The lowest BCUT2D eigenvalue weighted by Gasteiger charge is -2.16. The van der Waals surface area contributed by atoms with Crippen LogP contribution in [0.1, 0.15) is 26.0 Å². The highest BCUT2D eigenvalue weighted by molar-refractivity contribution is 7.92.